The summed E-state index contributed by atoms with van der Waals surface area (Å²) < 4.78 is 44.7. The monoisotopic (exact) mass is 1020 g/mol. The van der Waals surface area contributed by atoms with Crippen LogP contribution in [0.25, 0.3) is 0 Å². The summed E-state index contributed by atoms with van der Waals surface area (Å²) in [6.45, 7) is 16.0. The standard InChI is InChI=1S/C58H104N2O12/c1-5-9-13-17-21-25-29-43-69-55(61)33-37-59(38-34-56(62)70-44-30-26-22-18-14-10-6-2)41-47-65-49-51-67-53-54-68-52-50-66-48-42-60(39-35-57(63)71-45-31-27-23-19-15-11-7-3)40-36-58(64)72-46-32-28-24-20-16-12-8-4/h25-32H,5-24,33-54H2,1-4H3/b29-25-,30-26-,31-27-,32-28-. The molecule has 0 bridgehead atoms. The summed E-state index contributed by atoms with van der Waals surface area (Å²) in [5, 5.41) is 0. The fraction of sp³-hybridized carbons (Fsp3) is 0.793. The Morgan fingerprint density at radius 2 is 0.528 bits per heavy atom. The molecule has 418 valence electrons. The predicted octanol–water partition coefficient (Wildman–Crippen LogP) is 11.5. The number of allylic oxidation sites excluding steroid dienone is 4. The average molecular weight is 1020 g/mol. The number of ether oxygens (including phenoxy) is 8. The van der Waals surface area contributed by atoms with E-state index in [0.717, 1.165) is 51.4 Å². The lowest BCUT2D eigenvalue weighted by Gasteiger charge is -2.21. The number of nitrogens with zero attached hydrogens (tertiary/aromatic N) is 2. The number of hydrogen-bond acceptors (Lipinski definition) is 14. The Morgan fingerprint density at radius 3 is 0.764 bits per heavy atom. The van der Waals surface area contributed by atoms with E-state index in [0.29, 0.717) is 92.1 Å². The number of carbonyl (C=O) groups is 4. The summed E-state index contributed by atoms with van der Waals surface area (Å²) in [6, 6.07) is 0. The summed E-state index contributed by atoms with van der Waals surface area (Å²) in [5.74, 6) is -1.08. The lowest BCUT2D eigenvalue weighted by Crippen LogP contribution is -2.33. The molecule has 0 fully saturated rings. The first-order valence-corrected chi connectivity index (χ1v) is 28.3. The van der Waals surface area contributed by atoms with E-state index in [1.165, 1.54) is 77.0 Å². The van der Waals surface area contributed by atoms with Gasteiger partial charge in [-0.05, 0) is 51.4 Å². The van der Waals surface area contributed by atoms with Gasteiger partial charge in [-0.3, -0.25) is 29.0 Å². The van der Waals surface area contributed by atoms with E-state index in [9.17, 15) is 19.2 Å². The van der Waals surface area contributed by atoms with Gasteiger partial charge < -0.3 is 37.9 Å². The maximum Gasteiger partial charge on any atom is 0.307 e. The van der Waals surface area contributed by atoms with Crippen LogP contribution in [0.5, 0.6) is 0 Å². The zero-order valence-corrected chi connectivity index (χ0v) is 46.1. The van der Waals surface area contributed by atoms with Crippen molar-refractivity contribution >= 4 is 23.9 Å². The van der Waals surface area contributed by atoms with Crippen LogP contribution in [0.4, 0.5) is 0 Å². The average Bonchev–Trinajstić information content (AvgIpc) is 3.38. The van der Waals surface area contributed by atoms with Gasteiger partial charge in [-0.1, -0.05) is 153 Å². The third-order valence-corrected chi connectivity index (χ3v) is 11.7. The molecule has 0 unspecified atom stereocenters. The van der Waals surface area contributed by atoms with Crippen LogP contribution < -0.4 is 0 Å². The molecule has 0 aromatic heterocycles. The van der Waals surface area contributed by atoms with E-state index in [1.54, 1.807) is 0 Å². The Hall–Kier alpha value is -3.40. The van der Waals surface area contributed by atoms with Crippen LogP contribution >= 0.6 is 0 Å². The molecule has 0 amide bonds. The van der Waals surface area contributed by atoms with Crippen molar-refractivity contribution in [2.24, 2.45) is 0 Å². The molecule has 0 aliphatic rings. The van der Waals surface area contributed by atoms with E-state index < -0.39 is 0 Å². The Balaban J connectivity index is 4.58. The lowest BCUT2D eigenvalue weighted by atomic mass is 10.1. The van der Waals surface area contributed by atoms with E-state index >= 15 is 0 Å². The second kappa shape index (κ2) is 56.9. The molecule has 0 heterocycles. The summed E-state index contributed by atoms with van der Waals surface area (Å²) >= 11 is 0. The van der Waals surface area contributed by atoms with Gasteiger partial charge in [0.2, 0.25) is 0 Å². The van der Waals surface area contributed by atoms with Crippen molar-refractivity contribution < 1.29 is 57.1 Å². The van der Waals surface area contributed by atoms with Gasteiger partial charge in [0.1, 0.15) is 26.4 Å². The van der Waals surface area contributed by atoms with Gasteiger partial charge in [0.15, 0.2) is 0 Å². The molecule has 14 heteroatoms. The molecule has 0 aliphatic heterocycles. The minimum absolute atomic E-state index is 0.221. The van der Waals surface area contributed by atoms with Crippen LogP contribution in [0.15, 0.2) is 48.6 Å². The molecule has 0 spiro atoms. The summed E-state index contributed by atoms with van der Waals surface area (Å²) in [7, 11) is 0. The third-order valence-electron chi connectivity index (χ3n) is 11.7. The van der Waals surface area contributed by atoms with Crippen LogP contribution in [-0.4, -0.2) is 152 Å². The van der Waals surface area contributed by atoms with Crippen LogP contribution in [0.3, 0.4) is 0 Å². The van der Waals surface area contributed by atoms with E-state index in [4.69, 9.17) is 37.9 Å². The van der Waals surface area contributed by atoms with Crippen molar-refractivity contribution in [3.63, 3.8) is 0 Å². The fourth-order valence-electron chi connectivity index (χ4n) is 7.17. The van der Waals surface area contributed by atoms with Gasteiger partial charge in [-0.25, -0.2) is 0 Å². The maximum absolute atomic E-state index is 12.5. The van der Waals surface area contributed by atoms with Crippen molar-refractivity contribution in [3.05, 3.63) is 48.6 Å². The van der Waals surface area contributed by atoms with Gasteiger partial charge in [-0.2, -0.15) is 0 Å². The van der Waals surface area contributed by atoms with Crippen molar-refractivity contribution in [3.8, 4) is 0 Å². The van der Waals surface area contributed by atoms with Gasteiger partial charge >= 0.3 is 23.9 Å². The molecule has 0 saturated carbocycles. The highest BCUT2D eigenvalue weighted by atomic mass is 16.6. The quantitative estimate of drug-likeness (QED) is 0.0246. The molecule has 0 radical (unpaired) electrons. The topological polar surface area (TPSA) is 149 Å². The Morgan fingerprint density at radius 1 is 0.292 bits per heavy atom. The highest BCUT2D eigenvalue weighted by Crippen LogP contribution is 2.07. The van der Waals surface area contributed by atoms with Crippen molar-refractivity contribution in [1.29, 1.82) is 0 Å². The molecule has 0 atom stereocenters. The summed E-state index contributed by atoms with van der Waals surface area (Å²) in [4.78, 5) is 54.0. The first-order chi connectivity index (χ1) is 35.4. The van der Waals surface area contributed by atoms with E-state index in [-0.39, 0.29) is 76.0 Å². The number of hydrogen-bond donors (Lipinski definition) is 0. The second-order valence-corrected chi connectivity index (χ2v) is 18.1. The molecule has 14 nitrogen and oxygen atoms in total. The molecule has 0 aromatic rings. The number of esters is 4. The predicted molar refractivity (Wildman–Crippen MR) is 290 cm³/mol. The Bertz CT molecular complexity index is 1170. The van der Waals surface area contributed by atoms with Gasteiger partial charge in [-0.15, -0.1) is 0 Å². The van der Waals surface area contributed by atoms with Crippen molar-refractivity contribution in [1.82, 2.24) is 9.80 Å². The van der Waals surface area contributed by atoms with Crippen LogP contribution in [0.2, 0.25) is 0 Å². The van der Waals surface area contributed by atoms with Gasteiger partial charge in [0.25, 0.3) is 0 Å². The molecule has 0 rings (SSSR count). The third kappa shape index (κ3) is 52.9. The zero-order chi connectivity index (χ0) is 52.5. The normalized spacial score (nSPS) is 11.9. The first kappa shape index (κ1) is 68.6. The highest BCUT2D eigenvalue weighted by molar-refractivity contribution is 5.71. The SMILES string of the molecule is CCCCCC/C=C\COC(=O)CCN(CCOCCOCCOCCOCCN(CCC(=O)OC/C=C\CCCCCC)CCC(=O)OC/C=C\CCCCCC)CCC(=O)OC/C=C\CCCCCC. The molecule has 0 aromatic carbocycles. The number of rotatable bonds is 55. The lowest BCUT2D eigenvalue weighted by molar-refractivity contribution is -0.144. The minimum Gasteiger partial charge on any atom is -0.461 e. The molecular weight excluding hydrogens is 917 g/mol. The molecule has 0 saturated heterocycles. The van der Waals surface area contributed by atoms with Crippen LogP contribution in [0.1, 0.15) is 182 Å². The smallest absolute Gasteiger partial charge is 0.307 e. The van der Waals surface area contributed by atoms with Gasteiger partial charge in [0, 0.05) is 39.3 Å². The summed E-state index contributed by atoms with van der Waals surface area (Å²) in [6.07, 6.45) is 40.1. The first-order valence-electron chi connectivity index (χ1n) is 28.3. The summed E-state index contributed by atoms with van der Waals surface area (Å²) in [5.41, 5.74) is 0. The van der Waals surface area contributed by atoms with E-state index in [1.807, 2.05) is 34.1 Å². The highest BCUT2D eigenvalue weighted by Gasteiger charge is 2.14. The molecular formula is C58H104N2O12. The fourth-order valence-corrected chi connectivity index (χ4v) is 7.17. The second-order valence-electron chi connectivity index (χ2n) is 18.1. The minimum atomic E-state index is -0.270. The molecule has 0 N–H and O–H groups in total. The van der Waals surface area contributed by atoms with Crippen molar-refractivity contribution in [2.45, 2.75) is 182 Å². The molecule has 0 aliphatic carbocycles. The number of carbonyl (C=O) groups excluding carboxylic acids is 4. The molecule has 72 heavy (non-hydrogen) atoms. The van der Waals surface area contributed by atoms with Crippen LogP contribution in [0, 0.1) is 0 Å². The van der Waals surface area contributed by atoms with Crippen LogP contribution in [-0.2, 0) is 57.1 Å². The number of unbranched alkanes of at least 4 members (excludes halogenated alkanes) is 16. The zero-order valence-electron chi connectivity index (χ0n) is 46.1. The Kier molecular flexibility index (Phi) is 54.2. The Labute approximate surface area is 438 Å². The van der Waals surface area contributed by atoms with Crippen molar-refractivity contribution in [2.75, 3.05) is 119 Å². The maximum atomic E-state index is 12.5. The van der Waals surface area contributed by atoms with Gasteiger partial charge in [0.05, 0.1) is 78.5 Å². The van der Waals surface area contributed by atoms with E-state index in [2.05, 4.69) is 52.0 Å². The largest absolute Gasteiger partial charge is 0.461 e.